The lowest BCUT2D eigenvalue weighted by Crippen LogP contribution is -2.60. The number of rotatable bonds is 5. The minimum Gasteiger partial charge on any atom is -0.379 e. The predicted molar refractivity (Wildman–Crippen MR) is 137 cm³/mol. The van der Waals surface area contributed by atoms with Crippen molar-refractivity contribution in [3.05, 3.63) is 40.8 Å². The summed E-state index contributed by atoms with van der Waals surface area (Å²) in [6.07, 6.45) is 9.84. The Balaban J connectivity index is 1.10. The molecular weight excluding hydrogens is 460 g/mol. The fraction of sp³-hybridized carbons (Fsp3) is 0.593. The van der Waals surface area contributed by atoms with Crippen LogP contribution in [0.5, 0.6) is 0 Å². The summed E-state index contributed by atoms with van der Waals surface area (Å²) in [5.41, 5.74) is 4.58. The van der Waals surface area contributed by atoms with Gasteiger partial charge in [-0.25, -0.2) is 9.97 Å². The van der Waals surface area contributed by atoms with Gasteiger partial charge in [0.2, 0.25) is 5.95 Å². The average Bonchev–Trinajstić information content (AvgIpc) is 3.38. The molecular formula is C27H33ClN6O. The van der Waals surface area contributed by atoms with Gasteiger partial charge in [0.25, 0.3) is 0 Å². The number of nitrogens with zero attached hydrogens (tertiary/aromatic N) is 5. The van der Waals surface area contributed by atoms with E-state index >= 15 is 0 Å². The van der Waals surface area contributed by atoms with E-state index in [0.29, 0.717) is 23.8 Å². The molecule has 3 saturated carbocycles. The number of likely N-dealkylation sites (tertiary alicyclic amines) is 1. The highest BCUT2D eigenvalue weighted by atomic mass is 35.5. The van der Waals surface area contributed by atoms with E-state index in [2.05, 4.69) is 39.8 Å². The Morgan fingerprint density at radius 1 is 1.11 bits per heavy atom. The fourth-order valence-corrected chi connectivity index (χ4v) is 7.25. The lowest BCUT2D eigenvalue weighted by atomic mass is 9.50. The smallest absolute Gasteiger partial charge is 0.227 e. The predicted octanol–water partition coefficient (Wildman–Crippen LogP) is 5.26. The van der Waals surface area contributed by atoms with Crippen molar-refractivity contribution in [3.63, 3.8) is 0 Å². The number of nitrogens with one attached hydrogen (secondary N) is 1. The van der Waals surface area contributed by atoms with Gasteiger partial charge in [-0.3, -0.25) is 9.58 Å². The van der Waals surface area contributed by atoms with E-state index in [0.717, 1.165) is 72.4 Å². The van der Waals surface area contributed by atoms with Crippen LogP contribution in [0.1, 0.15) is 56.2 Å². The van der Waals surface area contributed by atoms with Crippen molar-refractivity contribution < 1.29 is 4.74 Å². The lowest BCUT2D eigenvalue weighted by Gasteiger charge is -2.61. The maximum atomic E-state index is 6.77. The van der Waals surface area contributed by atoms with Crippen molar-refractivity contribution in [1.82, 2.24) is 24.6 Å². The molecule has 0 amide bonds. The zero-order chi connectivity index (χ0) is 23.7. The van der Waals surface area contributed by atoms with Crippen LogP contribution < -0.4 is 5.32 Å². The summed E-state index contributed by atoms with van der Waals surface area (Å²) >= 11 is 6.77. The molecule has 8 rings (SSSR count). The van der Waals surface area contributed by atoms with Gasteiger partial charge in [-0.1, -0.05) is 18.5 Å². The van der Waals surface area contributed by atoms with Crippen LogP contribution in [0.4, 0.5) is 11.6 Å². The highest BCUT2D eigenvalue weighted by Crippen LogP contribution is 2.62. The maximum Gasteiger partial charge on any atom is 0.227 e. The van der Waals surface area contributed by atoms with Crippen molar-refractivity contribution in [3.8, 4) is 0 Å². The summed E-state index contributed by atoms with van der Waals surface area (Å²) in [5, 5.41) is 9.92. The van der Waals surface area contributed by atoms with Crippen LogP contribution in [-0.2, 0) is 10.3 Å². The normalized spacial score (nSPS) is 30.9. The summed E-state index contributed by atoms with van der Waals surface area (Å²) < 4.78 is 7.92. The Kier molecular flexibility index (Phi) is 5.13. The second-order valence-electron chi connectivity index (χ2n) is 11.4. The molecule has 184 valence electrons. The first-order valence-corrected chi connectivity index (χ1v) is 13.5. The summed E-state index contributed by atoms with van der Waals surface area (Å²) in [5.74, 6) is 2.61. The minimum atomic E-state index is 0.281. The molecule has 2 saturated heterocycles. The highest BCUT2D eigenvalue weighted by Gasteiger charge is 2.59. The molecule has 7 nitrogen and oxygen atoms in total. The highest BCUT2D eigenvalue weighted by molar-refractivity contribution is 6.32. The molecule has 3 aliphatic carbocycles. The van der Waals surface area contributed by atoms with Crippen molar-refractivity contribution in [2.24, 2.45) is 11.8 Å². The van der Waals surface area contributed by atoms with E-state index in [1.807, 2.05) is 18.5 Å². The van der Waals surface area contributed by atoms with E-state index < -0.39 is 0 Å². The van der Waals surface area contributed by atoms with Crippen molar-refractivity contribution in [2.45, 2.75) is 63.5 Å². The molecule has 1 N–H and O–H groups in total. The van der Waals surface area contributed by atoms with Gasteiger partial charge in [0, 0.05) is 22.6 Å². The number of hydrogen-bond donors (Lipinski definition) is 1. The number of piperidine rings is 1. The van der Waals surface area contributed by atoms with E-state index in [4.69, 9.17) is 26.4 Å². The Morgan fingerprint density at radius 3 is 2.60 bits per heavy atom. The van der Waals surface area contributed by atoms with Gasteiger partial charge in [0.05, 0.1) is 41.8 Å². The van der Waals surface area contributed by atoms with Crippen LogP contribution in [0.15, 0.2) is 24.5 Å². The molecule has 0 radical (unpaired) electrons. The summed E-state index contributed by atoms with van der Waals surface area (Å²) in [6, 6.07) is 4.78. The van der Waals surface area contributed by atoms with Gasteiger partial charge < -0.3 is 10.1 Å². The van der Waals surface area contributed by atoms with Crippen LogP contribution in [0.25, 0.3) is 10.9 Å². The van der Waals surface area contributed by atoms with Gasteiger partial charge in [-0.05, 0) is 87.6 Å². The summed E-state index contributed by atoms with van der Waals surface area (Å²) in [4.78, 5) is 12.0. The molecule has 1 aromatic carbocycles. The molecule has 2 atom stereocenters. The second-order valence-corrected chi connectivity index (χ2v) is 11.8. The van der Waals surface area contributed by atoms with E-state index in [1.165, 1.54) is 24.8 Å². The monoisotopic (exact) mass is 492 g/mol. The number of ether oxygens (including phenoxy) is 1. The maximum absolute atomic E-state index is 6.77. The standard InChI is InChI=1S/C27H33ClN6O/c1-16-14-35-15-25(16)33-5-3-19(4-6-33)21-8-23-20(7-22(21)28)12-29-26(31-23)32-24-13-30-34(17(24)2)27-9-18(10-27)11-27/h7-8,12-13,16,18-19,25H,3-6,9-11,14-15H2,1-2H3,(H,29,31,32)/t16?,18?,25-,27?/m1/s1. The third-order valence-corrected chi connectivity index (χ3v) is 9.50. The van der Waals surface area contributed by atoms with Gasteiger partial charge in [0.15, 0.2) is 0 Å². The van der Waals surface area contributed by atoms with E-state index in [-0.39, 0.29) is 5.54 Å². The minimum absolute atomic E-state index is 0.281. The number of anilines is 2. The van der Waals surface area contributed by atoms with Crippen LogP contribution in [0.3, 0.4) is 0 Å². The first kappa shape index (κ1) is 22.0. The second kappa shape index (κ2) is 8.15. The molecule has 1 unspecified atom stereocenters. The average molecular weight is 493 g/mol. The van der Waals surface area contributed by atoms with Crippen LogP contribution in [0.2, 0.25) is 5.02 Å². The first-order valence-electron chi connectivity index (χ1n) is 13.1. The van der Waals surface area contributed by atoms with Crippen molar-refractivity contribution in [1.29, 1.82) is 0 Å². The molecule has 4 heterocycles. The van der Waals surface area contributed by atoms with Crippen molar-refractivity contribution >= 4 is 34.1 Å². The molecule has 2 aliphatic heterocycles. The Morgan fingerprint density at radius 2 is 1.91 bits per heavy atom. The quantitative estimate of drug-likeness (QED) is 0.524. The molecule has 5 aliphatic rings. The van der Waals surface area contributed by atoms with Crippen LogP contribution in [0, 0.1) is 18.8 Å². The Hall–Kier alpha value is -2.22. The molecule has 35 heavy (non-hydrogen) atoms. The van der Waals surface area contributed by atoms with Crippen LogP contribution in [-0.4, -0.2) is 57.0 Å². The molecule has 8 heteroatoms. The number of halogens is 1. The lowest BCUT2D eigenvalue weighted by molar-refractivity contribution is -0.0990. The fourth-order valence-electron chi connectivity index (χ4n) is 6.92. The third-order valence-electron chi connectivity index (χ3n) is 9.17. The van der Waals surface area contributed by atoms with E-state index in [1.54, 1.807) is 0 Å². The molecule has 0 spiro atoms. The SMILES string of the molecule is Cc1c(Nc2ncc3cc(Cl)c(C4CCN([C@@H]5COCC5C)CC4)cc3n2)cnn1C12CC(C1)C2. The van der Waals surface area contributed by atoms with Gasteiger partial charge in [0.1, 0.15) is 0 Å². The number of aromatic nitrogens is 4. The number of fused-ring (bicyclic) bond motifs is 1. The zero-order valence-corrected chi connectivity index (χ0v) is 21.3. The first-order chi connectivity index (χ1) is 17.0. The van der Waals surface area contributed by atoms with Crippen molar-refractivity contribution in [2.75, 3.05) is 31.6 Å². The molecule has 2 aromatic heterocycles. The number of hydrogen-bond acceptors (Lipinski definition) is 6. The summed E-state index contributed by atoms with van der Waals surface area (Å²) in [7, 11) is 0. The zero-order valence-electron chi connectivity index (χ0n) is 20.5. The van der Waals surface area contributed by atoms with E-state index in [9.17, 15) is 0 Å². The topological polar surface area (TPSA) is 68.1 Å². The molecule has 3 aromatic rings. The molecule has 2 bridgehead atoms. The Bertz CT molecular complexity index is 1270. The summed E-state index contributed by atoms with van der Waals surface area (Å²) in [6.45, 7) is 8.39. The Labute approximate surface area is 211 Å². The third kappa shape index (κ3) is 3.58. The molecule has 5 fully saturated rings. The largest absolute Gasteiger partial charge is 0.379 e. The number of benzene rings is 1. The van der Waals surface area contributed by atoms with Gasteiger partial charge in [-0.2, -0.15) is 5.10 Å². The van der Waals surface area contributed by atoms with Gasteiger partial charge >= 0.3 is 0 Å². The van der Waals surface area contributed by atoms with Gasteiger partial charge in [-0.15, -0.1) is 0 Å². The van der Waals surface area contributed by atoms with Crippen LogP contribution >= 0.6 is 11.6 Å².